The van der Waals surface area contributed by atoms with Gasteiger partial charge in [0.1, 0.15) is 0 Å². The molecule has 0 aromatic heterocycles. The lowest BCUT2D eigenvalue weighted by atomic mass is 9.98. The minimum absolute atomic E-state index is 0.284. The molecule has 1 unspecified atom stereocenters. The van der Waals surface area contributed by atoms with Gasteiger partial charge in [0, 0.05) is 13.1 Å². The van der Waals surface area contributed by atoms with Crippen LogP contribution in [0.5, 0.6) is 11.5 Å². The maximum absolute atomic E-state index is 11.1. The molecular weight excluding hydrogens is 306 g/mol. The number of hydrogen-bond donors (Lipinski definition) is 1. The highest BCUT2D eigenvalue weighted by Gasteiger charge is 2.25. The van der Waals surface area contributed by atoms with Gasteiger partial charge in [-0.05, 0) is 44.0 Å². The lowest BCUT2D eigenvalue weighted by Crippen LogP contribution is -2.38. The molecular formula is C16H22ClNO4. The molecule has 0 amide bonds. The van der Waals surface area contributed by atoms with Crippen molar-refractivity contribution in [3.8, 4) is 11.5 Å². The van der Waals surface area contributed by atoms with Crippen LogP contribution in [0.15, 0.2) is 12.1 Å². The minimum atomic E-state index is -0.716. The molecule has 2 rings (SSSR count). The second-order valence-electron chi connectivity index (χ2n) is 5.45. The molecule has 1 aliphatic heterocycles. The second-order valence-corrected chi connectivity index (χ2v) is 5.86. The van der Waals surface area contributed by atoms with E-state index in [0.717, 1.165) is 24.9 Å². The Morgan fingerprint density at radius 3 is 2.91 bits per heavy atom. The Morgan fingerprint density at radius 2 is 2.27 bits per heavy atom. The molecule has 1 saturated heterocycles. The van der Waals surface area contributed by atoms with E-state index < -0.39 is 5.97 Å². The molecule has 22 heavy (non-hydrogen) atoms. The third-order valence-corrected chi connectivity index (χ3v) is 4.12. The smallest absolute Gasteiger partial charge is 0.307 e. The third kappa shape index (κ3) is 4.05. The SMILES string of the molecule is CCOc1c(Cl)cc(CN2CCCC(C(=O)O)C2)cc1OC. The fourth-order valence-corrected chi connectivity index (χ4v) is 3.10. The van der Waals surface area contributed by atoms with Crippen molar-refractivity contribution in [2.45, 2.75) is 26.3 Å². The molecule has 1 aromatic carbocycles. The minimum Gasteiger partial charge on any atom is -0.493 e. The van der Waals surface area contributed by atoms with E-state index >= 15 is 0 Å². The Balaban J connectivity index is 2.12. The summed E-state index contributed by atoms with van der Waals surface area (Å²) in [6.45, 7) is 4.54. The maximum atomic E-state index is 11.1. The largest absolute Gasteiger partial charge is 0.493 e. The predicted molar refractivity (Wildman–Crippen MR) is 84.8 cm³/mol. The predicted octanol–water partition coefficient (Wildman–Crippen LogP) is 3.04. The topological polar surface area (TPSA) is 59.0 Å². The van der Waals surface area contributed by atoms with Gasteiger partial charge in [0.25, 0.3) is 0 Å². The zero-order chi connectivity index (χ0) is 16.1. The molecule has 0 bridgehead atoms. The molecule has 122 valence electrons. The first kappa shape index (κ1) is 16.9. The summed E-state index contributed by atoms with van der Waals surface area (Å²) >= 11 is 6.27. The zero-order valence-corrected chi connectivity index (χ0v) is 13.7. The van der Waals surface area contributed by atoms with Crippen molar-refractivity contribution >= 4 is 17.6 Å². The van der Waals surface area contributed by atoms with Crippen LogP contribution in [-0.2, 0) is 11.3 Å². The Hall–Kier alpha value is -1.46. The van der Waals surface area contributed by atoms with Crippen LogP contribution in [0.1, 0.15) is 25.3 Å². The van der Waals surface area contributed by atoms with E-state index in [1.807, 2.05) is 19.1 Å². The average molecular weight is 328 g/mol. The molecule has 1 fully saturated rings. The maximum Gasteiger partial charge on any atom is 0.307 e. The van der Waals surface area contributed by atoms with Crippen LogP contribution in [0.3, 0.4) is 0 Å². The van der Waals surface area contributed by atoms with E-state index in [1.165, 1.54) is 0 Å². The van der Waals surface area contributed by atoms with Gasteiger partial charge < -0.3 is 14.6 Å². The monoisotopic (exact) mass is 327 g/mol. The first-order valence-corrected chi connectivity index (χ1v) is 7.87. The van der Waals surface area contributed by atoms with Gasteiger partial charge in [0.05, 0.1) is 24.7 Å². The normalized spacial score (nSPS) is 19.0. The molecule has 6 heteroatoms. The number of carboxylic acid groups (broad SMARTS) is 1. The molecule has 0 saturated carbocycles. The van der Waals surface area contributed by atoms with E-state index in [0.29, 0.717) is 36.2 Å². The highest BCUT2D eigenvalue weighted by atomic mass is 35.5. The number of benzene rings is 1. The van der Waals surface area contributed by atoms with Crippen molar-refractivity contribution in [3.63, 3.8) is 0 Å². The van der Waals surface area contributed by atoms with E-state index in [2.05, 4.69) is 4.90 Å². The average Bonchev–Trinajstić information content (AvgIpc) is 2.50. The number of methoxy groups -OCH3 is 1. The van der Waals surface area contributed by atoms with Crippen molar-refractivity contribution < 1.29 is 19.4 Å². The Bertz CT molecular complexity index is 535. The molecule has 5 nitrogen and oxygen atoms in total. The van der Waals surface area contributed by atoms with E-state index in [-0.39, 0.29) is 5.92 Å². The highest BCUT2D eigenvalue weighted by Crippen LogP contribution is 2.37. The summed E-state index contributed by atoms with van der Waals surface area (Å²) in [5.41, 5.74) is 0.997. The van der Waals surface area contributed by atoms with Crippen LogP contribution < -0.4 is 9.47 Å². The molecule has 0 aliphatic carbocycles. The number of halogens is 1. The van der Waals surface area contributed by atoms with Crippen molar-refractivity contribution in [1.29, 1.82) is 0 Å². The Kier molecular flexibility index (Phi) is 5.91. The number of rotatable bonds is 6. The zero-order valence-electron chi connectivity index (χ0n) is 13.0. The molecule has 1 atom stereocenters. The van der Waals surface area contributed by atoms with Crippen molar-refractivity contribution in [3.05, 3.63) is 22.7 Å². The number of likely N-dealkylation sites (tertiary alicyclic amines) is 1. The van der Waals surface area contributed by atoms with E-state index in [1.54, 1.807) is 7.11 Å². The summed E-state index contributed by atoms with van der Waals surface area (Å²) in [7, 11) is 1.58. The van der Waals surface area contributed by atoms with Gasteiger partial charge in [-0.15, -0.1) is 0 Å². The Labute approximate surface area is 135 Å². The van der Waals surface area contributed by atoms with Gasteiger partial charge in [0.15, 0.2) is 11.5 Å². The van der Waals surface area contributed by atoms with Crippen LogP contribution in [0.2, 0.25) is 5.02 Å². The molecule has 0 radical (unpaired) electrons. The van der Waals surface area contributed by atoms with Gasteiger partial charge in [-0.2, -0.15) is 0 Å². The molecule has 1 aromatic rings. The van der Waals surface area contributed by atoms with Gasteiger partial charge >= 0.3 is 5.97 Å². The van der Waals surface area contributed by atoms with Crippen LogP contribution in [0.4, 0.5) is 0 Å². The van der Waals surface area contributed by atoms with Gasteiger partial charge in [-0.25, -0.2) is 0 Å². The molecule has 0 spiro atoms. The summed E-state index contributed by atoms with van der Waals surface area (Å²) in [5, 5.41) is 9.68. The van der Waals surface area contributed by atoms with Crippen molar-refractivity contribution in [1.82, 2.24) is 4.90 Å². The summed E-state index contributed by atoms with van der Waals surface area (Å²) in [5.74, 6) is 0.162. The number of nitrogens with zero attached hydrogens (tertiary/aromatic N) is 1. The third-order valence-electron chi connectivity index (χ3n) is 3.84. The number of aliphatic carboxylic acids is 1. The fourth-order valence-electron chi connectivity index (χ4n) is 2.81. The summed E-state index contributed by atoms with van der Waals surface area (Å²) in [6.07, 6.45) is 1.65. The number of hydrogen-bond acceptors (Lipinski definition) is 4. The van der Waals surface area contributed by atoms with Gasteiger partial charge in [0.2, 0.25) is 0 Å². The van der Waals surface area contributed by atoms with E-state index in [4.69, 9.17) is 26.2 Å². The van der Waals surface area contributed by atoms with Crippen LogP contribution in [-0.4, -0.2) is 42.8 Å². The van der Waals surface area contributed by atoms with Crippen LogP contribution in [0.25, 0.3) is 0 Å². The molecule has 1 heterocycles. The summed E-state index contributed by atoms with van der Waals surface area (Å²) < 4.78 is 10.8. The number of ether oxygens (including phenoxy) is 2. The second kappa shape index (κ2) is 7.70. The number of carbonyl (C=O) groups is 1. The summed E-state index contributed by atoms with van der Waals surface area (Å²) in [6, 6.07) is 3.76. The summed E-state index contributed by atoms with van der Waals surface area (Å²) in [4.78, 5) is 13.3. The first-order chi connectivity index (χ1) is 10.5. The number of piperidine rings is 1. The first-order valence-electron chi connectivity index (χ1n) is 7.49. The van der Waals surface area contributed by atoms with Crippen LogP contribution in [0, 0.1) is 5.92 Å². The lowest BCUT2D eigenvalue weighted by Gasteiger charge is -2.30. The lowest BCUT2D eigenvalue weighted by molar-refractivity contribution is -0.143. The highest BCUT2D eigenvalue weighted by molar-refractivity contribution is 6.32. The van der Waals surface area contributed by atoms with Crippen molar-refractivity contribution in [2.75, 3.05) is 26.8 Å². The molecule has 1 N–H and O–H groups in total. The standard InChI is InChI=1S/C16H22ClNO4/c1-3-22-15-13(17)7-11(8-14(15)21-2)9-18-6-4-5-12(10-18)16(19)20/h7-8,12H,3-6,9-10H2,1-2H3,(H,19,20). The van der Waals surface area contributed by atoms with Gasteiger partial charge in [-0.1, -0.05) is 11.6 Å². The molecule has 1 aliphatic rings. The van der Waals surface area contributed by atoms with E-state index in [9.17, 15) is 4.79 Å². The van der Waals surface area contributed by atoms with Crippen molar-refractivity contribution in [2.24, 2.45) is 5.92 Å². The Morgan fingerprint density at radius 1 is 1.50 bits per heavy atom. The fraction of sp³-hybridized carbons (Fsp3) is 0.562. The van der Waals surface area contributed by atoms with Gasteiger partial charge in [-0.3, -0.25) is 9.69 Å². The number of carboxylic acids is 1. The quantitative estimate of drug-likeness (QED) is 0.870. The van der Waals surface area contributed by atoms with Crippen LogP contribution >= 0.6 is 11.6 Å².